The fourth-order valence-electron chi connectivity index (χ4n) is 1.72. The monoisotopic (exact) mass is 320 g/mol. The number of hydrogen-bond acceptors (Lipinski definition) is 4. The Morgan fingerprint density at radius 1 is 1.38 bits per heavy atom. The van der Waals surface area contributed by atoms with Gasteiger partial charge in [-0.3, -0.25) is 0 Å². The van der Waals surface area contributed by atoms with E-state index in [-0.39, 0.29) is 0 Å². The zero-order valence-corrected chi connectivity index (χ0v) is 12.5. The van der Waals surface area contributed by atoms with E-state index in [1.165, 1.54) is 40.5 Å². The predicted molar refractivity (Wildman–Crippen MR) is 77.5 cm³/mol. The molecule has 1 aliphatic rings. The Balaban J connectivity index is 1.59. The number of nitrogens with zero attached hydrogens (tertiary/aromatic N) is 1. The lowest BCUT2D eigenvalue weighted by molar-refractivity contribution is 0.301. The van der Waals surface area contributed by atoms with E-state index in [9.17, 15) is 0 Å². The molecule has 0 atom stereocenters. The van der Waals surface area contributed by atoms with Crippen LogP contribution in [0.15, 0.2) is 15.9 Å². The summed E-state index contributed by atoms with van der Waals surface area (Å²) in [6.07, 6.45) is 0. The summed E-state index contributed by atoms with van der Waals surface area (Å²) in [5, 5.41) is 5.64. The number of rotatable bonds is 5. The number of thioether (sulfide) groups is 1. The maximum Gasteiger partial charge on any atom is 0.0327 e. The highest BCUT2D eigenvalue weighted by atomic mass is 79.9. The summed E-state index contributed by atoms with van der Waals surface area (Å²) in [5.41, 5.74) is 0. The summed E-state index contributed by atoms with van der Waals surface area (Å²) >= 11 is 7.43. The summed E-state index contributed by atoms with van der Waals surface area (Å²) in [4.78, 5) is 3.95. The third kappa shape index (κ3) is 4.04. The highest BCUT2D eigenvalue weighted by Crippen LogP contribution is 2.21. The summed E-state index contributed by atoms with van der Waals surface area (Å²) in [6, 6.07) is 2.11. The largest absolute Gasteiger partial charge is 0.311 e. The van der Waals surface area contributed by atoms with Gasteiger partial charge in [-0.2, -0.15) is 11.8 Å². The Labute approximate surface area is 114 Å². The number of hydrogen-bond donors (Lipinski definition) is 1. The van der Waals surface area contributed by atoms with E-state index in [2.05, 4.69) is 49.4 Å². The van der Waals surface area contributed by atoms with Crippen molar-refractivity contribution in [1.82, 2.24) is 10.2 Å². The molecule has 0 unspecified atom stereocenters. The van der Waals surface area contributed by atoms with Crippen LogP contribution < -0.4 is 5.32 Å². The first-order valence-electron chi connectivity index (χ1n) is 5.59. The van der Waals surface area contributed by atoms with Crippen LogP contribution >= 0.6 is 39.0 Å². The molecule has 0 radical (unpaired) electrons. The Hall–Kier alpha value is 0.450. The van der Waals surface area contributed by atoms with Crippen LogP contribution in [-0.4, -0.2) is 42.6 Å². The molecule has 0 aliphatic carbocycles. The molecule has 90 valence electrons. The zero-order chi connectivity index (χ0) is 11.2. The van der Waals surface area contributed by atoms with Crippen molar-refractivity contribution in [3.63, 3.8) is 0 Å². The van der Waals surface area contributed by atoms with E-state index in [4.69, 9.17) is 0 Å². The summed E-state index contributed by atoms with van der Waals surface area (Å²) < 4.78 is 1.24. The Morgan fingerprint density at radius 2 is 2.19 bits per heavy atom. The molecule has 1 fully saturated rings. The lowest BCUT2D eigenvalue weighted by Crippen LogP contribution is -2.37. The van der Waals surface area contributed by atoms with E-state index in [0.717, 1.165) is 13.1 Å². The first kappa shape index (κ1) is 12.9. The van der Waals surface area contributed by atoms with Gasteiger partial charge in [0.05, 0.1) is 0 Å². The molecule has 16 heavy (non-hydrogen) atoms. The van der Waals surface area contributed by atoms with Crippen LogP contribution in [0.2, 0.25) is 0 Å². The van der Waals surface area contributed by atoms with Gasteiger partial charge in [0.1, 0.15) is 0 Å². The molecule has 1 saturated heterocycles. The second kappa shape index (κ2) is 7.01. The van der Waals surface area contributed by atoms with Crippen molar-refractivity contribution in [3.05, 3.63) is 20.8 Å². The molecular weight excluding hydrogens is 304 g/mol. The van der Waals surface area contributed by atoms with Gasteiger partial charge in [0, 0.05) is 53.6 Å². The van der Waals surface area contributed by atoms with Gasteiger partial charge < -0.3 is 10.2 Å². The van der Waals surface area contributed by atoms with Crippen molar-refractivity contribution in [2.45, 2.75) is 6.54 Å². The highest BCUT2D eigenvalue weighted by Gasteiger charge is 2.09. The molecule has 1 aliphatic heterocycles. The molecule has 5 heteroatoms. The maximum absolute atomic E-state index is 3.55. The normalized spacial score (nSPS) is 17.8. The third-order valence-electron chi connectivity index (χ3n) is 2.69. The van der Waals surface area contributed by atoms with Crippen molar-refractivity contribution < 1.29 is 0 Å². The molecule has 1 aromatic heterocycles. The quantitative estimate of drug-likeness (QED) is 0.840. The first-order valence-corrected chi connectivity index (χ1v) is 8.41. The van der Waals surface area contributed by atoms with E-state index in [1.807, 2.05) is 11.3 Å². The average molecular weight is 321 g/mol. The second-order valence-corrected chi connectivity index (χ2v) is 6.90. The lowest BCUT2D eigenvalue weighted by atomic mass is 10.4. The maximum atomic E-state index is 3.55. The van der Waals surface area contributed by atoms with E-state index < -0.39 is 0 Å². The SMILES string of the molecule is Brc1ccsc1CNCCN1CCSCC1. The van der Waals surface area contributed by atoms with Crippen molar-refractivity contribution >= 4 is 39.0 Å². The van der Waals surface area contributed by atoms with E-state index >= 15 is 0 Å². The van der Waals surface area contributed by atoms with Crippen molar-refractivity contribution in [2.75, 3.05) is 37.7 Å². The van der Waals surface area contributed by atoms with Gasteiger partial charge in [-0.25, -0.2) is 0 Å². The molecule has 0 bridgehead atoms. The molecule has 2 rings (SSSR count). The smallest absolute Gasteiger partial charge is 0.0327 e. The summed E-state index contributed by atoms with van der Waals surface area (Å²) in [7, 11) is 0. The van der Waals surface area contributed by atoms with Gasteiger partial charge in [-0.05, 0) is 27.4 Å². The molecule has 0 amide bonds. The van der Waals surface area contributed by atoms with Gasteiger partial charge in [0.25, 0.3) is 0 Å². The van der Waals surface area contributed by atoms with Crippen molar-refractivity contribution in [3.8, 4) is 0 Å². The van der Waals surface area contributed by atoms with Crippen LogP contribution in [0.4, 0.5) is 0 Å². The van der Waals surface area contributed by atoms with E-state index in [0.29, 0.717) is 0 Å². The number of halogens is 1. The standard InChI is InChI=1S/C11H17BrN2S2/c12-10-1-6-16-11(10)9-13-2-3-14-4-7-15-8-5-14/h1,6,13H,2-5,7-9H2. The van der Waals surface area contributed by atoms with Gasteiger partial charge in [-0.15, -0.1) is 11.3 Å². The van der Waals surface area contributed by atoms with Gasteiger partial charge in [-0.1, -0.05) is 0 Å². The minimum Gasteiger partial charge on any atom is -0.311 e. The number of thiophene rings is 1. The molecule has 0 aromatic carbocycles. The molecule has 1 aromatic rings. The highest BCUT2D eigenvalue weighted by molar-refractivity contribution is 9.10. The Morgan fingerprint density at radius 3 is 2.88 bits per heavy atom. The molecule has 2 nitrogen and oxygen atoms in total. The summed E-state index contributed by atoms with van der Waals surface area (Å²) in [6.45, 7) is 5.78. The first-order chi connectivity index (χ1) is 7.86. The average Bonchev–Trinajstić information content (AvgIpc) is 2.72. The van der Waals surface area contributed by atoms with Crippen LogP contribution in [0.1, 0.15) is 4.88 Å². The lowest BCUT2D eigenvalue weighted by Gasteiger charge is -2.26. The third-order valence-corrected chi connectivity index (χ3v) is 5.55. The minimum atomic E-state index is 0.987. The van der Waals surface area contributed by atoms with Crippen LogP contribution in [0.3, 0.4) is 0 Å². The van der Waals surface area contributed by atoms with E-state index in [1.54, 1.807) is 0 Å². The molecular formula is C11H17BrN2S2. The van der Waals surface area contributed by atoms with Crippen LogP contribution in [-0.2, 0) is 6.54 Å². The van der Waals surface area contributed by atoms with Crippen molar-refractivity contribution in [2.24, 2.45) is 0 Å². The van der Waals surface area contributed by atoms with Crippen molar-refractivity contribution in [1.29, 1.82) is 0 Å². The topological polar surface area (TPSA) is 15.3 Å². The second-order valence-electron chi connectivity index (χ2n) is 3.82. The zero-order valence-electron chi connectivity index (χ0n) is 9.25. The summed E-state index contributed by atoms with van der Waals surface area (Å²) in [5.74, 6) is 2.60. The van der Waals surface area contributed by atoms with Crippen LogP contribution in [0.25, 0.3) is 0 Å². The Bertz CT molecular complexity index is 311. The van der Waals surface area contributed by atoms with Gasteiger partial charge in [0.2, 0.25) is 0 Å². The fraction of sp³-hybridized carbons (Fsp3) is 0.636. The fourth-order valence-corrected chi connectivity index (χ4v) is 4.16. The predicted octanol–water partition coefficient (Wildman–Crippen LogP) is 2.65. The molecule has 0 spiro atoms. The van der Waals surface area contributed by atoms with Crippen LogP contribution in [0, 0.1) is 0 Å². The van der Waals surface area contributed by atoms with Gasteiger partial charge in [0.15, 0.2) is 0 Å². The Kier molecular flexibility index (Phi) is 5.65. The molecule has 1 N–H and O–H groups in total. The van der Waals surface area contributed by atoms with Crippen LogP contribution in [0.5, 0.6) is 0 Å². The van der Waals surface area contributed by atoms with Gasteiger partial charge >= 0.3 is 0 Å². The minimum absolute atomic E-state index is 0.987. The number of nitrogens with one attached hydrogen (secondary N) is 1. The molecule has 2 heterocycles. The molecule has 0 saturated carbocycles.